The lowest BCUT2D eigenvalue weighted by atomic mass is 10.1. The Hall–Kier alpha value is -1.39. The summed E-state index contributed by atoms with van der Waals surface area (Å²) in [5, 5.41) is 7.00. The van der Waals surface area contributed by atoms with Gasteiger partial charge in [0.1, 0.15) is 0 Å². The van der Waals surface area contributed by atoms with Crippen molar-refractivity contribution in [3.63, 3.8) is 0 Å². The Bertz CT molecular complexity index is 300. The molecule has 0 aromatic heterocycles. The van der Waals surface area contributed by atoms with E-state index < -0.39 is 0 Å². The molecule has 0 aliphatic rings. The van der Waals surface area contributed by atoms with Gasteiger partial charge in [-0.05, 0) is 24.6 Å². The SMILES string of the molecule is CCOC(=O)c1cccc(CN)c1.CO. The van der Waals surface area contributed by atoms with Gasteiger partial charge < -0.3 is 15.6 Å². The second-order valence-corrected chi connectivity index (χ2v) is 2.62. The van der Waals surface area contributed by atoms with Crippen LogP contribution in [0.5, 0.6) is 0 Å². The van der Waals surface area contributed by atoms with Crippen molar-refractivity contribution >= 4 is 5.97 Å². The van der Waals surface area contributed by atoms with E-state index in [0.717, 1.165) is 12.7 Å². The van der Waals surface area contributed by atoms with Crippen molar-refractivity contribution in [2.24, 2.45) is 5.73 Å². The van der Waals surface area contributed by atoms with E-state index >= 15 is 0 Å². The van der Waals surface area contributed by atoms with Crippen LogP contribution >= 0.6 is 0 Å². The third kappa shape index (κ3) is 4.58. The molecule has 4 nitrogen and oxygen atoms in total. The van der Waals surface area contributed by atoms with Crippen molar-refractivity contribution in [3.8, 4) is 0 Å². The number of carbonyl (C=O) groups is 1. The minimum Gasteiger partial charge on any atom is -0.462 e. The van der Waals surface area contributed by atoms with E-state index in [9.17, 15) is 4.79 Å². The van der Waals surface area contributed by atoms with Crippen molar-refractivity contribution in [2.75, 3.05) is 13.7 Å². The summed E-state index contributed by atoms with van der Waals surface area (Å²) in [6.07, 6.45) is 0. The molecule has 0 bridgehead atoms. The van der Waals surface area contributed by atoms with Gasteiger partial charge >= 0.3 is 5.97 Å². The predicted molar refractivity (Wildman–Crippen MR) is 58.4 cm³/mol. The van der Waals surface area contributed by atoms with Gasteiger partial charge in [-0.3, -0.25) is 0 Å². The summed E-state index contributed by atoms with van der Waals surface area (Å²) in [5.41, 5.74) is 6.94. The number of rotatable bonds is 3. The van der Waals surface area contributed by atoms with Crippen molar-refractivity contribution in [1.29, 1.82) is 0 Å². The molecule has 0 saturated carbocycles. The number of carbonyl (C=O) groups excluding carboxylic acids is 1. The Kier molecular flexibility index (Phi) is 7.23. The van der Waals surface area contributed by atoms with Gasteiger partial charge in [-0.1, -0.05) is 12.1 Å². The molecule has 0 aliphatic heterocycles. The summed E-state index contributed by atoms with van der Waals surface area (Å²) < 4.78 is 4.85. The third-order valence-corrected chi connectivity index (χ3v) is 1.67. The third-order valence-electron chi connectivity index (χ3n) is 1.67. The molecule has 0 amide bonds. The monoisotopic (exact) mass is 211 g/mol. The van der Waals surface area contributed by atoms with Gasteiger partial charge in [0.15, 0.2) is 0 Å². The number of benzene rings is 1. The van der Waals surface area contributed by atoms with E-state index in [0.29, 0.717) is 18.7 Å². The Labute approximate surface area is 89.7 Å². The largest absolute Gasteiger partial charge is 0.462 e. The molecule has 0 atom stereocenters. The Morgan fingerprint density at radius 2 is 2.13 bits per heavy atom. The first-order chi connectivity index (χ1) is 7.27. The number of nitrogens with two attached hydrogens (primary N) is 1. The molecule has 1 aromatic carbocycles. The summed E-state index contributed by atoms with van der Waals surface area (Å²) in [5.74, 6) is -0.294. The molecule has 0 radical (unpaired) electrons. The summed E-state index contributed by atoms with van der Waals surface area (Å²) in [6.45, 7) is 2.61. The van der Waals surface area contributed by atoms with Crippen LogP contribution in [0.2, 0.25) is 0 Å². The minimum absolute atomic E-state index is 0.294. The van der Waals surface area contributed by atoms with Gasteiger partial charge in [-0.2, -0.15) is 0 Å². The molecule has 15 heavy (non-hydrogen) atoms. The molecule has 0 spiro atoms. The Morgan fingerprint density at radius 1 is 1.47 bits per heavy atom. The molecular formula is C11H17NO3. The van der Waals surface area contributed by atoms with E-state index in [2.05, 4.69) is 0 Å². The smallest absolute Gasteiger partial charge is 0.338 e. The molecule has 0 fully saturated rings. The lowest BCUT2D eigenvalue weighted by Gasteiger charge is -2.02. The van der Waals surface area contributed by atoms with E-state index in [1.807, 2.05) is 6.07 Å². The number of ether oxygens (including phenoxy) is 1. The van der Waals surface area contributed by atoms with Crippen LogP contribution < -0.4 is 5.73 Å². The number of aliphatic hydroxyl groups is 1. The number of hydrogen-bond donors (Lipinski definition) is 2. The van der Waals surface area contributed by atoms with Crippen molar-refractivity contribution in [1.82, 2.24) is 0 Å². The summed E-state index contributed by atoms with van der Waals surface area (Å²) in [4.78, 5) is 11.2. The Morgan fingerprint density at radius 3 is 2.67 bits per heavy atom. The molecule has 1 aromatic rings. The fourth-order valence-corrected chi connectivity index (χ4v) is 1.04. The van der Waals surface area contributed by atoms with Crippen molar-refractivity contribution in [3.05, 3.63) is 35.4 Å². The average molecular weight is 211 g/mol. The van der Waals surface area contributed by atoms with Gasteiger partial charge in [0.05, 0.1) is 12.2 Å². The van der Waals surface area contributed by atoms with Gasteiger partial charge in [0.2, 0.25) is 0 Å². The zero-order chi connectivity index (χ0) is 11.7. The standard InChI is InChI=1S/C10H13NO2.CH4O/c1-2-13-10(12)9-5-3-4-8(6-9)7-11;1-2/h3-6H,2,7,11H2,1H3;2H,1H3. The van der Waals surface area contributed by atoms with Crippen LogP contribution in [-0.2, 0) is 11.3 Å². The van der Waals surface area contributed by atoms with Crippen LogP contribution in [0, 0.1) is 0 Å². The summed E-state index contributed by atoms with van der Waals surface area (Å²) >= 11 is 0. The fourth-order valence-electron chi connectivity index (χ4n) is 1.04. The van der Waals surface area contributed by atoms with Gasteiger partial charge in [0.25, 0.3) is 0 Å². The molecular weight excluding hydrogens is 194 g/mol. The molecule has 0 unspecified atom stereocenters. The van der Waals surface area contributed by atoms with Crippen LogP contribution in [0.1, 0.15) is 22.8 Å². The first-order valence-corrected chi connectivity index (χ1v) is 4.68. The van der Waals surface area contributed by atoms with Gasteiger partial charge in [-0.15, -0.1) is 0 Å². The first-order valence-electron chi connectivity index (χ1n) is 4.68. The summed E-state index contributed by atoms with van der Waals surface area (Å²) in [6, 6.07) is 7.15. The molecule has 0 heterocycles. The maximum Gasteiger partial charge on any atom is 0.338 e. The highest BCUT2D eigenvalue weighted by molar-refractivity contribution is 5.89. The summed E-state index contributed by atoms with van der Waals surface area (Å²) in [7, 11) is 1.00. The van der Waals surface area contributed by atoms with Crippen LogP contribution in [0.25, 0.3) is 0 Å². The average Bonchev–Trinajstić information content (AvgIpc) is 2.32. The second-order valence-electron chi connectivity index (χ2n) is 2.62. The van der Waals surface area contributed by atoms with Crippen LogP contribution in [-0.4, -0.2) is 24.8 Å². The topological polar surface area (TPSA) is 72.5 Å². The number of aliphatic hydroxyl groups excluding tert-OH is 1. The van der Waals surface area contributed by atoms with Crippen LogP contribution in [0.3, 0.4) is 0 Å². The zero-order valence-electron chi connectivity index (χ0n) is 9.06. The van der Waals surface area contributed by atoms with E-state index in [1.54, 1.807) is 25.1 Å². The maximum absolute atomic E-state index is 11.2. The highest BCUT2D eigenvalue weighted by Crippen LogP contribution is 2.05. The van der Waals surface area contributed by atoms with E-state index in [-0.39, 0.29) is 5.97 Å². The minimum atomic E-state index is -0.294. The van der Waals surface area contributed by atoms with Crippen molar-refractivity contribution in [2.45, 2.75) is 13.5 Å². The normalized spacial score (nSPS) is 8.80. The first kappa shape index (κ1) is 13.6. The van der Waals surface area contributed by atoms with Gasteiger partial charge in [-0.25, -0.2) is 4.79 Å². The fraction of sp³-hybridized carbons (Fsp3) is 0.364. The predicted octanol–water partition coefficient (Wildman–Crippen LogP) is 0.931. The van der Waals surface area contributed by atoms with Crippen molar-refractivity contribution < 1.29 is 14.6 Å². The maximum atomic E-state index is 11.2. The highest BCUT2D eigenvalue weighted by Gasteiger charge is 2.05. The molecule has 84 valence electrons. The molecule has 0 saturated heterocycles. The molecule has 0 aliphatic carbocycles. The Balaban J connectivity index is 0.000000921. The second kappa shape index (κ2) is 7.96. The molecule has 4 heteroatoms. The zero-order valence-corrected chi connectivity index (χ0v) is 9.06. The van der Waals surface area contributed by atoms with Gasteiger partial charge in [0, 0.05) is 13.7 Å². The molecule has 1 rings (SSSR count). The quantitative estimate of drug-likeness (QED) is 0.729. The van der Waals surface area contributed by atoms with Crippen LogP contribution in [0.4, 0.5) is 0 Å². The highest BCUT2D eigenvalue weighted by atomic mass is 16.5. The van der Waals surface area contributed by atoms with Crippen LogP contribution in [0.15, 0.2) is 24.3 Å². The number of hydrogen-bond acceptors (Lipinski definition) is 4. The number of esters is 1. The van der Waals surface area contributed by atoms with E-state index in [1.165, 1.54) is 0 Å². The molecule has 3 N–H and O–H groups in total. The van der Waals surface area contributed by atoms with E-state index in [4.69, 9.17) is 15.6 Å². The lowest BCUT2D eigenvalue weighted by Crippen LogP contribution is -2.06. The lowest BCUT2D eigenvalue weighted by molar-refractivity contribution is 0.0526.